The molecular weight excluding hydrogens is 167 g/mol. The van der Waals surface area contributed by atoms with E-state index in [2.05, 4.69) is 0 Å². The van der Waals surface area contributed by atoms with Crippen LogP contribution in [0.2, 0.25) is 0 Å². The summed E-state index contributed by atoms with van der Waals surface area (Å²) in [6.07, 6.45) is -2.54. The van der Waals surface area contributed by atoms with Gasteiger partial charge in [-0.2, -0.15) is 13.2 Å². The van der Waals surface area contributed by atoms with E-state index in [1.165, 1.54) is 6.08 Å². The van der Waals surface area contributed by atoms with Crippen LogP contribution in [0.4, 0.5) is 13.2 Å². The predicted molar refractivity (Wildman–Crippen MR) is 40.5 cm³/mol. The zero-order valence-corrected chi connectivity index (χ0v) is 6.86. The Morgan fingerprint density at radius 2 is 2.08 bits per heavy atom. The highest BCUT2D eigenvalue weighted by atomic mass is 19.4. The summed E-state index contributed by atoms with van der Waals surface area (Å²) >= 11 is 0. The van der Waals surface area contributed by atoms with Crippen LogP contribution in [0.1, 0.15) is 19.8 Å². The SMILES string of the molecule is CC1CC(C(F)(F)F)=CCC1N. The highest BCUT2D eigenvalue weighted by Gasteiger charge is 2.36. The molecule has 1 nitrogen and oxygen atoms in total. The minimum Gasteiger partial charge on any atom is -0.327 e. The van der Waals surface area contributed by atoms with E-state index in [0.717, 1.165) is 0 Å². The van der Waals surface area contributed by atoms with Gasteiger partial charge in [0.25, 0.3) is 0 Å². The number of hydrogen-bond donors (Lipinski definition) is 1. The molecule has 0 aromatic carbocycles. The first-order valence-corrected chi connectivity index (χ1v) is 3.93. The van der Waals surface area contributed by atoms with Gasteiger partial charge in [-0.1, -0.05) is 13.0 Å². The molecule has 0 radical (unpaired) electrons. The molecule has 0 aliphatic heterocycles. The van der Waals surface area contributed by atoms with Crippen molar-refractivity contribution in [2.24, 2.45) is 11.7 Å². The van der Waals surface area contributed by atoms with E-state index in [4.69, 9.17) is 5.73 Å². The van der Waals surface area contributed by atoms with E-state index < -0.39 is 11.7 Å². The summed E-state index contributed by atoms with van der Waals surface area (Å²) in [5, 5.41) is 0. The van der Waals surface area contributed by atoms with E-state index in [1.54, 1.807) is 6.92 Å². The molecule has 2 atom stereocenters. The van der Waals surface area contributed by atoms with Gasteiger partial charge in [-0.15, -0.1) is 0 Å². The molecule has 1 aliphatic carbocycles. The Morgan fingerprint density at radius 3 is 2.50 bits per heavy atom. The molecule has 12 heavy (non-hydrogen) atoms. The Balaban J connectivity index is 2.71. The second kappa shape index (κ2) is 3.09. The minimum atomic E-state index is -4.16. The lowest BCUT2D eigenvalue weighted by Crippen LogP contribution is -2.33. The fourth-order valence-corrected chi connectivity index (χ4v) is 1.32. The zero-order valence-electron chi connectivity index (χ0n) is 6.86. The summed E-state index contributed by atoms with van der Waals surface area (Å²) in [4.78, 5) is 0. The second-order valence-corrected chi connectivity index (χ2v) is 3.31. The summed E-state index contributed by atoms with van der Waals surface area (Å²) in [5.74, 6) is -0.0633. The normalized spacial score (nSPS) is 31.6. The van der Waals surface area contributed by atoms with Crippen LogP contribution < -0.4 is 5.73 Å². The summed E-state index contributed by atoms with van der Waals surface area (Å²) in [6.45, 7) is 1.75. The molecule has 70 valence electrons. The van der Waals surface area contributed by atoms with Crippen LogP contribution in [-0.2, 0) is 0 Å². The van der Waals surface area contributed by atoms with Crippen LogP contribution in [-0.4, -0.2) is 12.2 Å². The number of halogens is 3. The fraction of sp³-hybridized carbons (Fsp3) is 0.750. The van der Waals surface area contributed by atoms with Gasteiger partial charge < -0.3 is 5.73 Å². The molecule has 0 bridgehead atoms. The molecule has 1 aliphatic rings. The lowest BCUT2D eigenvalue weighted by molar-refractivity contribution is -0.0965. The first-order valence-electron chi connectivity index (χ1n) is 3.93. The molecule has 0 aromatic heterocycles. The monoisotopic (exact) mass is 179 g/mol. The summed E-state index contributed by atoms with van der Waals surface area (Å²) in [6, 6.07) is -0.115. The smallest absolute Gasteiger partial charge is 0.327 e. The lowest BCUT2D eigenvalue weighted by Gasteiger charge is -2.26. The molecule has 0 saturated heterocycles. The Hall–Kier alpha value is -0.510. The van der Waals surface area contributed by atoms with Crippen molar-refractivity contribution in [3.8, 4) is 0 Å². The molecule has 0 heterocycles. The largest absolute Gasteiger partial charge is 0.412 e. The maximum atomic E-state index is 12.1. The molecule has 0 saturated carbocycles. The van der Waals surface area contributed by atoms with Crippen molar-refractivity contribution in [2.75, 3.05) is 0 Å². The number of nitrogens with two attached hydrogens (primary N) is 1. The van der Waals surface area contributed by atoms with Gasteiger partial charge in [0.2, 0.25) is 0 Å². The van der Waals surface area contributed by atoms with Crippen LogP contribution in [0.25, 0.3) is 0 Å². The highest BCUT2D eigenvalue weighted by molar-refractivity contribution is 5.14. The first kappa shape index (κ1) is 9.58. The van der Waals surface area contributed by atoms with Crippen molar-refractivity contribution in [2.45, 2.75) is 32.0 Å². The second-order valence-electron chi connectivity index (χ2n) is 3.31. The average Bonchev–Trinajstić information content (AvgIpc) is 1.92. The van der Waals surface area contributed by atoms with Crippen molar-refractivity contribution < 1.29 is 13.2 Å². The van der Waals surface area contributed by atoms with Crippen LogP contribution >= 0.6 is 0 Å². The van der Waals surface area contributed by atoms with E-state index in [0.29, 0.717) is 6.42 Å². The molecule has 0 amide bonds. The van der Waals surface area contributed by atoms with Crippen molar-refractivity contribution in [1.29, 1.82) is 0 Å². The van der Waals surface area contributed by atoms with Crippen molar-refractivity contribution in [1.82, 2.24) is 0 Å². The maximum absolute atomic E-state index is 12.1. The van der Waals surface area contributed by atoms with Gasteiger partial charge in [0.15, 0.2) is 0 Å². The van der Waals surface area contributed by atoms with E-state index in [9.17, 15) is 13.2 Å². The molecule has 2 unspecified atom stereocenters. The first-order chi connectivity index (χ1) is 5.41. The van der Waals surface area contributed by atoms with Crippen LogP contribution in [0.15, 0.2) is 11.6 Å². The topological polar surface area (TPSA) is 26.0 Å². The standard InChI is InChI=1S/C8H12F3N/c1-5-4-6(8(9,10)11)2-3-7(5)12/h2,5,7H,3-4,12H2,1H3. The van der Waals surface area contributed by atoms with Crippen LogP contribution in [0.3, 0.4) is 0 Å². The molecular formula is C8H12F3N. The van der Waals surface area contributed by atoms with Gasteiger partial charge in [-0.05, 0) is 18.8 Å². The quantitative estimate of drug-likeness (QED) is 0.567. The Labute approximate surface area is 69.4 Å². The van der Waals surface area contributed by atoms with Gasteiger partial charge >= 0.3 is 6.18 Å². The number of allylic oxidation sites excluding steroid dienone is 1. The Bertz CT molecular complexity index is 195. The molecule has 0 aromatic rings. The molecule has 0 fully saturated rings. The van der Waals surface area contributed by atoms with Crippen LogP contribution in [0, 0.1) is 5.92 Å². The summed E-state index contributed by atoms with van der Waals surface area (Å²) in [7, 11) is 0. The van der Waals surface area contributed by atoms with Gasteiger partial charge in [0.1, 0.15) is 0 Å². The van der Waals surface area contributed by atoms with Gasteiger partial charge in [0, 0.05) is 11.6 Å². The van der Waals surface area contributed by atoms with Crippen molar-refractivity contribution in [3.63, 3.8) is 0 Å². The Kier molecular flexibility index (Phi) is 2.46. The molecule has 0 spiro atoms. The highest BCUT2D eigenvalue weighted by Crippen LogP contribution is 2.34. The maximum Gasteiger partial charge on any atom is 0.412 e. The van der Waals surface area contributed by atoms with E-state index >= 15 is 0 Å². The summed E-state index contributed by atoms with van der Waals surface area (Å²) < 4.78 is 36.4. The third kappa shape index (κ3) is 2.00. The van der Waals surface area contributed by atoms with Gasteiger partial charge in [-0.25, -0.2) is 0 Å². The van der Waals surface area contributed by atoms with Crippen LogP contribution in [0.5, 0.6) is 0 Å². The minimum absolute atomic E-state index is 0.0602. The van der Waals surface area contributed by atoms with Crippen molar-refractivity contribution >= 4 is 0 Å². The third-order valence-corrected chi connectivity index (χ3v) is 2.27. The predicted octanol–water partition coefficient (Wildman–Crippen LogP) is 2.23. The molecule has 4 heteroatoms. The van der Waals surface area contributed by atoms with E-state index in [1.807, 2.05) is 0 Å². The number of rotatable bonds is 0. The van der Waals surface area contributed by atoms with Crippen molar-refractivity contribution in [3.05, 3.63) is 11.6 Å². The van der Waals surface area contributed by atoms with E-state index in [-0.39, 0.29) is 18.4 Å². The third-order valence-electron chi connectivity index (χ3n) is 2.27. The summed E-state index contributed by atoms with van der Waals surface area (Å²) in [5.41, 5.74) is 5.15. The number of hydrogen-bond acceptors (Lipinski definition) is 1. The molecule has 1 rings (SSSR count). The Morgan fingerprint density at radius 1 is 1.50 bits per heavy atom. The lowest BCUT2D eigenvalue weighted by atomic mass is 9.86. The molecule has 2 N–H and O–H groups in total. The van der Waals surface area contributed by atoms with Gasteiger partial charge in [0.05, 0.1) is 0 Å². The number of alkyl halides is 3. The van der Waals surface area contributed by atoms with Gasteiger partial charge in [-0.3, -0.25) is 0 Å². The zero-order chi connectivity index (χ0) is 9.35. The fourth-order valence-electron chi connectivity index (χ4n) is 1.32. The average molecular weight is 179 g/mol.